The molecule has 0 atom stereocenters. The number of benzene rings is 1. The Kier molecular flexibility index (Phi) is 4.97. The first-order valence-electron chi connectivity index (χ1n) is 9.29. The van der Waals surface area contributed by atoms with Gasteiger partial charge in [0, 0.05) is 43.2 Å². The first-order valence-corrected chi connectivity index (χ1v) is 9.29. The predicted molar refractivity (Wildman–Crippen MR) is 103 cm³/mol. The van der Waals surface area contributed by atoms with Crippen LogP contribution in [0.3, 0.4) is 0 Å². The van der Waals surface area contributed by atoms with Crippen molar-refractivity contribution in [3.63, 3.8) is 0 Å². The number of ether oxygens (including phenoxy) is 1. The summed E-state index contributed by atoms with van der Waals surface area (Å²) in [4.78, 5) is 19.0. The van der Waals surface area contributed by atoms with Crippen LogP contribution in [0.5, 0.6) is 5.75 Å². The Labute approximate surface area is 170 Å². The molecule has 0 bridgehead atoms. The largest absolute Gasteiger partial charge is 0.497 e. The van der Waals surface area contributed by atoms with E-state index in [0.717, 1.165) is 4.68 Å². The van der Waals surface area contributed by atoms with Gasteiger partial charge in [0.2, 0.25) is 0 Å². The average Bonchev–Trinajstić information content (AvgIpc) is 3.12. The Morgan fingerprint density at radius 3 is 2.67 bits per heavy atom. The summed E-state index contributed by atoms with van der Waals surface area (Å²) in [5, 5.41) is 3.59. The Hall–Kier alpha value is -3.36. The van der Waals surface area contributed by atoms with E-state index in [0.29, 0.717) is 47.6 Å². The number of fused-ring (bicyclic) bond motifs is 1. The standard InChI is InChI=1S/C21H19F3N4O2/c1-27-12-18(19(26-27)21(22,23)24)15-4-3-5-17-16(15)7-9-28(20(17)29)11-13-10-14(30-2)6-8-25-13/h3-6,8,10,12H,7,9,11H2,1-2H3. The van der Waals surface area contributed by atoms with Crippen LogP contribution in [-0.2, 0) is 26.2 Å². The average molecular weight is 416 g/mol. The Bertz CT molecular complexity index is 1110. The van der Waals surface area contributed by atoms with Gasteiger partial charge in [-0.25, -0.2) is 0 Å². The molecule has 0 fully saturated rings. The molecule has 0 spiro atoms. The van der Waals surface area contributed by atoms with Crippen molar-refractivity contribution < 1.29 is 22.7 Å². The lowest BCUT2D eigenvalue weighted by atomic mass is 9.90. The molecule has 0 unspecified atom stereocenters. The monoisotopic (exact) mass is 416 g/mol. The van der Waals surface area contributed by atoms with E-state index < -0.39 is 11.9 Å². The second-order valence-electron chi connectivity index (χ2n) is 7.06. The number of aromatic nitrogens is 3. The number of pyridine rings is 1. The van der Waals surface area contributed by atoms with Crippen molar-refractivity contribution in [2.24, 2.45) is 7.05 Å². The summed E-state index contributed by atoms with van der Waals surface area (Å²) in [6, 6.07) is 8.33. The van der Waals surface area contributed by atoms with Gasteiger partial charge >= 0.3 is 6.18 Å². The maximum atomic E-state index is 13.5. The fraction of sp³-hybridized carbons (Fsp3) is 0.286. The van der Waals surface area contributed by atoms with Crippen molar-refractivity contribution >= 4 is 5.91 Å². The Balaban J connectivity index is 1.69. The third kappa shape index (κ3) is 3.62. The predicted octanol–water partition coefficient (Wildman–Crippen LogP) is 3.71. The number of alkyl halides is 3. The van der Waals surface area contributed by atoms with Crippen molar-refractivity contribution in [2.75, 3.05) is 13.7 Å². The molecule has 6 nitrogen and oxygen atoms in total. The molecule has 4 rings (SSSR count). The highest BCUT2D eigenvalue weighted by atomic mass is 19.4. The van der Waals surface area contributed by atoms with Crippen molar-refractivity contribution in [1.82, 2.24) is 19.7 Å². The van der Waals surface area contributed by atoms with Crippen LogP contribution in [0.15, 0.2) is 42.7 Å². The van der Waals surface area contributed by atoms with Crippen molar-refractivity contribution in [2.45, 2.75) is 19.1 Å². The number of hydrogen-bond acceptors (Lipinski definition) is 4. The normalized spacial score (nSPS) is 14.0. The molecule has 9 heteroatoms. The van der Waals surface area contributed by atoms with Gasteiger partial charge in [0.25, 0.3) is 5.91 Å². The number of hydrogen-bond donors (Lipinski definition) is 0. The van der Waals surface area contributed by atoms with E-state index in [1.165, 1.54) is 13.2 Å². The number of amides is 1. The van der Waals surface area contributed by atoms with Crippen LogP contribution in [0.2, 0.25) is 0 Å². The third-order valence-corrected chi connectivity index (χ3v) is 5.09. The molecule has 0 N–H and O–H groups in total. The lowest BCUT2D eigenvalue weighted by molar-refractivity contribution is -0.140. The van der Waals surface area contributed by atoms with Crippen LogP contribution >= 0.6 is 0 Å². The van der Waals surface area contributed by atoms with Gasteiger partial charge < -0.3 is 9.64 Å². The van der Waals surface area contributed by atoms with Crippen molar-refractivity contribution in [1.29, 1.82) is 0 Å². The molecule has 0 aliphatic carbocycles. The molecule has 2 aromatic heterocycles. The number of rotatable bonds is 4. The summed E-state index contributed by atoms with van der Waals surface area (Å²) in [6.45, 7) is 0.670. The van der Waals surface area contributed by atoms with Gasteiger partial charge in [0.05, 0.1) is 19.3 Å². The highest BCUT2D eigenvalue weighted by Crippen LogP contribution is 2.39. The highest BCUT2D eigenvalue weighted by Gasteiger charge is 2.38. The fourth-order valence-electron chi connectivity index (χ4n) is 3.74. The van der Waals surface area contributed by atoms with Crippen LogP contribution in [-0.4, -0.2) is 39.2 Å². The number of methoxy groups -OCH3 is 1. The lowest BCUT2D eigenvalue weighted by Crippen LogP contribution is -2.37. The van der Waals surface area contributed by atoms with Gasteiger partial charge in [0.1, 0.15) is 5.75 Å². The molecule has 156 valence electrons. The van der Waals surface area contributed by atoms with E-state index >= 15 is 0 Å². The van der Waals surface area contributed by atoms with Crippen molar-refractivity contribution in [3.05, 3.63) is 65.2 Å². The maximum Gasteiger partial charge on any atom is 0.435 e. The molecule has 3 heterocycles. The maximum absolute atomic E-state index is 13.5. The summed E-state index contributed by atoms with van der Waals surface area (Å²) in [5.74, 6) is 0.406. The van der Waals surface area contributed by atoms with Crippen LogP contribution in [0.4, 0.5) is 13.2 Å². The van der Waals surface area contributed by atoms with E-state index in [1.54, 1.807) is 48.5 Å². The smallest absolute Gasteiger partial charge is 0.435 e. The summed E-state index contributed by atoms with van der Waals surface area (Å²) in [7, 11) is 3.00. The minimum Gasteiger partial charge on any atom is -0.497 e. The molecule has 3 aromatic rings. The van der Waals surface area contributed by atoms with Crippen molar-refractivity contribution in [3.8, 4) is 16.9 Å². The second-order valence-corrected chi connectivity index (χ2v) is 7.06. The Morgan fingerprint density at radius 1 is 1.17 bits per heavy atom. The van der Waals surface area contributed by atoms with Gasteiger partial charge in [-0.05, 0) is 29.7 Å². The zero-order chi connectivity index (χ0) is 21.5. The SMILES string of the molecule is COc1ccnc(CN2CCc3c(cccc3-c3cn(C)nc3C(F)(F)F)C2=O)c1. The fourth-order valence-corrected chi connectivity index (χ4v) is 3.74. The van der Waals surface area contributed by atoms with E-state index in [-0.39, 0.29) is 11.5 Å². The van der Waals surface area contributed by atoms with E-state index in [2.05, 4.69) is 10.1 Å². The Morgan fingerprint density at radius 2 is 1.93 bits per heavy atom. The first-order chi connectivity index (χ1) is 14.3. The minimum absolute atomic E-state index is 0.0161. The van der Waals surface area contributed by atoms with Crippen LogP contribution in [0, 0.1) is 0 Å². The second kappa shape index (κ2) is 7.47. The molecular formula is C21H19F3N4O2. The molecular weight excluding hydrogens is 397 g/mol. The lowest BCUT2D eigenvalue weighted by Gasteiger charge is -2.29. The number of nitrogens with zero attached hydrogens (tertiary/aromatic N) is 4. The molecule has 1 amide bonds. The van der Waals surface area contributed by atoms with Gasteiger partial charge in [0.15, 0.2) is 5.69 Å². The molecule has 0 radical (unpaired) electrons. The van der Waals surface area contributed by atoms with Gasteiger partial charge in [-0.15, -0.1) is 0 Å². The topological polar surface area (TPSA) is 60.2 Å². The van der Waals surface area contributed by atoms with E-state index in [9.17, 15) is 18.0 Å². The molecule has 0 saturated heterocycles. The summed E-state index contributed by atoms with van der Waals surface area (Å²) >= 11 is 0. The summed E-state index contributed by atoms with van der Waals surface area (Å²) < 4.78 is 46.7. The van der Waals surface area contributed by atoms with Crippen LogP contribution < -0.4 is 4.74 Å². The minimum atomic E-state index is -4.58. The zero-order valence-corrected chi connectivity index (χ0v) is 16.4. The van der Waals surface area contributed by atoms with E-state index in [4.69, 9.17) is 4.74 Å². The molecule has 30 heavy (non-hydrogen) atoms. The third-order valence-electron chi connectivity index (χ3n) is 5.09. The first kappa shape index (κ1) is 19.9. The number of aryl methyl sites for hydroxylation is 1. The zero-order valence-electron chi connectivity index (χ0n) is 16.4. The molecule has 1 aromatic carbocycles. The molecule has 1 aliphatic rings. The van der Waals surface area contributed by atoms with Gasteiger partial charge in [-0.3, -0.25) is 14.5 Å². The van der Waals surface area contributed by atoms with Crippen LogP contribution in [0.1, 0.15) is 27.3 Å². The highest BCUT2D eigenvalue weighted by molar-refractivity contribution is 5.98. The van der Waals surface area contributed by atoms with Crippen LogP contribution in [0.25, 0.3) is 11.1 Å². The molecule has 0 saturated carbocycles. The van der Waals surface area contributed by atoms with E-state index in [1.807, 2.05) is 0 Å². The van der Waals surface area contributed by atoms with Gasteiger partial charge in [-0.2, -0.15) is 18.3 Å². The van der Waals surface area contributed by atoms with Gasteiger partial charge in [-0.1, -0.05) is 12.1 Å². The number of carbonyl (C=O) groups excluding carboxylic acids is 1. The molecule has 1 aliphatic heterocycles. The quantitative estimate of drug-likeness (QED) is 0.651. The summed E-state index contributed by atoms with van der Waals surface area (Å²) in [5.41, 5.74) is 1.11. The summed E-state index contributed by atoms with van der Waals surface area (Å²) in [6.07, 6.45) is -1.19. The number of carbonyl (C=O) groups is 1. The number of halogens is 3.